The van der Waals surface area contributed by atoms with E-state index >= 15 is 0 Å². The minimum atomic E-state index is 0.310. The topological polar surface area (TPSA) is 55.3 Å². The summed E-state index contributed by atoms with van der Waals surface area (Å²) in [6.45, 7) is 8.27. The van der Waals surface area contributed by atoms with Crippen molar-refractivity contribution in [2.45, 2.75) is 51.2 Å². The Labute approximate surface area is 140 Å². The molecule has 134 valence electrons. The third kappa shape index (κ3) is 6.65. The molecule has 0 saturated carbocycles. The van der Waals surface area contributed by atoms with E-state index in [1.807, 2.05) is 0 Å². The quantitative estimate of drug-likeness (QED) is 0.417. The molecular formula is C17H33N3O3. The highest BCUT2D eigenvalue weighted by atomic mass is 16.5. The fraction of sp³-hybridized carbons (Fsp3) is 0.941. The molecule has 0 aliphatic carbocycles. The predicted molar refractivity (Wildman–Crippen MR) is 92.0 cm³/mol. The van der Waals surface area contributed by atoms with Gasteiger partial charge >= 0.3 is 0 Å². The van der Waals surface area contributed by atoms with Crippen LogP contribution in [0.3, 0.4) is 0 Å². The third-order valence-corrected chi connectivity index (χ3v) is 4.39. The largest absolute Gasteiger partial charge is 0.385 e. The van der Waals surface area contributed by atoms with Gasteiger partial charge in [-0.15, -0.1) is 0 Å². The first kappa shape index (κ1) is 18.5. The molecule has 0 bridgehead atoms. The molecule has 0 aromatic heterocycles. The van der Waals surface area contributed by atoms with Crippen molar-refractivity contribution >= 4 is 5.96 Å². The molecule has 0 aromatic rings. The molecule has 0 aromatic carbocycles. The average molecular weight is 327 g/mol. The number of nitrogens with zero attached hydrogens (tertiary/aromatic N) is 2. The first-order valence-electron chi connectivity index (χ1n) is 9.09. The highest BCUT2D eigenvalue weighted by Crippen LogP contribution is 2.15. The maximum Gasteiger partial charge on any atom is 0.194 e. The van der Waals surface area contributed by atoms with Crippen LogP contribution in [0.4, 0.5) is 0 Å². The highest BCUT2D eigenvalue weighted by molar-refractivity contribution is 5.80. The van der Waals surface area contributed by atoms with Crippen LogP contribution in [0.15, 0.2) is 4.99 Å². The molecule has 2 heterocycles. The summed E-state index contributed by atoms with van der Waals surface area (Å²) in [4.78, 5) is 7.13. The fourth-order valence-electron chi connectivity index (χ4n) is 3.09. The lowest BCUT2D eigenvalue weighted by Gasteiger charge is -2.34. The number of likely N-dealkylation sites (tertiary alicyclic amines) is 1. The van der Waals surface area contributed by atoms with E-state index < -0.39 is 0 Å². The molecule has 1 N–H and O–H groups in total. The Morgan fingerprint density at radius 1 is 1.26 bits per heavy atom. The van der Waals surface area contributed by atoms with E-state index in [4.69, 9.17) is 19.2 Å². The summed E-state index contributed by atoms with van der Waals surface area (Å²) >= 11 is 0. The maximum atomic E-state index is 5.93. The number of piperidine rings is 1. The Bertz CT molecular complexity index is 338. The van der Waals surface area contributed by atoms with E-state index in [9.17, 15) is 0 Å². The number of aliphatic imine (C=N–C) groups is 1. The van der Waals surface area contributed by atoms with E-state index in [0.29, 0.717) is 12.2 Å². The van der Waals surface area contributed by atoms with Gasteiger partial charge in [0, 0.05) is 46.6 Å². The summed E-state index contributed by atoms with van der Waals surface area (Å²) in [5.74, 6) is 1.03. The Hall–Kier alpha value is -0.850. The highest BCUT2D eigenvalue weighted by Gasteiger charge is 2.22. The van der Waals surface area contributed by atoms with Gasteiger partial charge in [-0.3, -0.25) is 4.99 Å². The van der Waals surface area contributed by atoms with E-state index in [1.165, 1.54) is 6.42 Å². The summed E-state index contributed by atoms with van der Waals surface area (Å²) in [6, 6.07) is 0. The van der Waals surface area contributed by atoms with Crippen molar-refractivity contribution in [1.29, 1.82) is 0 Å². The van der Waals surface area contributed by atoms with Crippen molar-refractivity contribution in [2.75, 3.05) is 53.1 Å². The van der Waals surface area contributed by atoms with Crippen molar-refractivity contribution in [2.24, 2.45) is 4.99 Å². The van der Waals surface area contributed by atoms with Gasteiger partial charge in [-0.1, -0.05) is 0 Å². The zero-order valence-corrected chi connectivity index (χ0v) is 14.8. The standard InChI is InChI=1S/C17H33N3O3/c1-3-18-17(19-14-16-6-4-12-23-16)20-9-7-15(8-10-20)22-13-5-11-21-2/h15-16H,3-14H2,1-2H3,(H,18,19). The third-order valence-electron chi connectivity index (χ3n) is 4.39. The van der Waals surface area contributed by atoms with Crippen molar-refractivity contribution in [3.63, 3.8) is 0 Å². The lowest BCUT2D eigenvalue weighted by Crippen LogP contribution is -2.47. The molecule has 1 unspecified atom stereocenters. The number of rotatable bonds is 8. The van der Waals surface area contributed by atoms with Gasteiger partial charge in [-0.05, 0) is 39.0 Å². The Morgan fingerprint density at radius 2 is 2.09 bits per heavy atom. The van der Waals surface area contributed by atoms with Gasteiger partial charge in [0.1, 0.15) is 0 Å². The molecule has 0 radical (unpaired) electrons. The predicted octanol–water partition coefficient (Wildman–Crippen LogP) is 1.65. The van der Waals surface area contributed by atoms with Gasteiger partial charge in [0.25, 0.3) is 0 Å². The van der Waals surface area contributed by atoms with Crippen LogP contribution in [0.1, 0.15) is 39.0 Å². The Morgan fingerprint density at radius 3 is 2.74 bits per heavy atom. The zero-order chi connectivity index (χ0) is 16.3. The van der Waals surface area contributed by atoms with Crippen LogP contribution in [0.5, 0.6) is 0 Å². The van der Waals surface area contributed by atoms with Crippen LogP contribution in [0.2, 0.25) is 0 Å². The summed E-state index contributed by atoms with van der Waals surface area (Å²) in [7, 11) is 1.73. The minimum Gasteiger partial charge on any atom is -0.385 e. The maximum absolute atomic E-state index is 5.93. The summed E-state index contributed by atoms with van der Waals surface area (Å²) in [6.07, 6.45) is 6.11. The second-order valence-corrected chi connectivity index (χ2v) is 6.23. The first-order valence-corrected chi connectivity index (χ1v) is 9.09. The van der Waals surface area contributed by atoms with Gasteiger partial charge in [0.15, 0.2) is 5.96 Å². The molecule has 0 amide bonds. The number of nitrogens with one attached hydrogen (secondary N) is 1. The smallest absolute Gasteiger partial charge is 0.194 e. The number of ether oxygens (including phenoxy) is 3. The normalized spacial score (nSPS) is 23.5. The number of hydrogen-bond donors (Lipinski definition) is 1. The van der Waals surface area contributed by atoms with Crippen LogP contribution < -0.4 is 5.32 Å². The fourth-order valence-corrected chi connectivity index (χ4v) is 3.09. The molecule has 23 heavy (non-hydrogen) atoms. The minimum absolute atomic E-state index is 0.310. The Kier molecular flexibility index (Phi) is 8.71. The lowest BCUT2D eigenvalue weighted by atomic mass is 10.1. The van der Waals surface area contributed by atoms with Crippen LogP contribution in [0.25, 0.3) is 0 Å². The molecule has 2 aliphatic heterocycles. The van der Waals surface area contributed by atoms with E-state index in [0.717, 1.165) is 77.6 Å². The van der Waals surface area contributed by atoms with Crippen molar-refractivity contribution in [3.05, 3.63) is 0 Å². The molecule has 2 rings (SSSR count). The molecule has 0 spiro atoms. The SMILES string of the molecule is CCNC(=NCC1CCCO1)N1CCC(OCCCOC)CC1. The number of hydrogen-bond acceptors (Lipinski definition) is 4. The van der Waals surface area contributed by atoms with E-state index in [-0.39, 0.29) is 0 Å². The second-order valence-electron chi connectivity index (χ2n) is 6.23. The molecule has 2 aliphatic rings. The summed E-state index contributed by atoms with van der Waals surface area (Å²) in [5, 5.41) is 3.41. The van der Waals surface area contributed by atoms with E-state index in [2.05, 4.69) is 17.1 Å². The van der Waals surface area contributed by atoms with Crippen LogP contribution in [-0.2, 0) is 14.2 Å². The lowest BCUT2D eigenvalue weighted by molar-refractivity contribution is 0.00985. The molecule has 2 fully saturated rings. The van der Waals surface area contributed by atoms with Crippen molar-refractivity contribution in [3.8, 4) is 0 Å². The number of methoxy groups -OCH3 is 1. The monoisotopic (exact) mass is 327 g/mol. The van der Waals surface area contributed by atoms with Crippen LogP contribution in [0, 0.1) is 0 Å². The molecule has 1 atom stereocenters. The summed E-state index contributed by atoms with van der Waals surface area (Å²) in [5.41, 5.74) is 0. The van der Waals surface area contributed by atoms with Crippen LogP contribution >= 0.6 is 0 Å². The molecule has 2 saturated heterocycles. The van der Waals surface area contributed by atoms with Crippen molar-refractivity contribution < 1.29 is 14.2 Å². The summed E-state index contributed by atoms with van der Waals surface area (Å²) < 4.78 is 16.6. The van der Waals surface area contributed by atoms with Gasteiger partial charge in [0.05, 0.1) is 18.8 Å². The van der Waals surface area contributed by atoms with Crippen molar-refractivity contribution in [1.82, 2.24) is 10.2 Å². The van der Waals surface area contributed by atoms with Gasteiger partial charge in [-0.2, -0.15) is 0 Å². The molecule has 6 nitrogen and oxygen atoms in total. The Balaban J connectivity index is 1.72. The average Bonchev–Trinajstić information content (AvgIpc) is 3.10. The van der Waals surface area contributed by atoms with Crippen LogP contribution in [-0.4, -0.2) is 76.2 Å². The number of guanidine groups is 1. The van der Waals surface area contributed by atoms with Gasteiger partial charge in [-0.25, -0.2) is 0 Å². The van der Waals surface area contributed by atoms with Gasteiger partial charge < -0.3 is 24.4 Å². The van der Waals surface area contributed by atoms with E-state index in [1.54, 1.807) is 7.11 Å². The zero-order valence-electron chi connectivity index (χ0n) is 14.8. The first-order chi connectivity index (χ1) is 11.3. The second kappa shape index (κ2) is 10.8. The molecule has 6 heteroatoms. The van der Waals surface area contributed by atoms with Gasteiger partial charge in [0.2, 0.25) is 0 Å². The molecular weight excluding hydrogens is 294 g/mol.